The SMILES string of the molecule is CCOC(=O)c1ccc2nc(NC(=O)Cc3ccc4c(c3)OCO4)sc2c1. The highest BCUT2D eigenvalue weighted by atomic mass is 32.1. The zero-order chi connectivity index (χ0) is 18.8. The fraction of sp³-hybridized carbons (Fsp3) is 0.211. The Hall–Kier alpha value is -3.13. The summed E-state index contributed by atoms with van der Waals surface area (Å²) in [4.78, 5) is 28.5. The first-order valence-corrected chi connectivity index (χ1v) is 9.20. The lowest BCUT2D eigenvalue weighted by molar-refractivity contribution is -0.115. The van der Waals surface area contributed by atoms with Crippen molar-refractivity contribution in [2.45, 2.75) is 13.3 Å². The molecule has 1 aromatic heterocycles. The number of rotatable bonds is 5. The van der Waals surface area contributed by atoms with E-state index in [9.17, 15) is 9.59 Å². The van der Waals surface area contributed by atoms with Crippen molar-refractivity contribution < 1.29 is 23.8 Å². The van der Waals surface area contributed by atoms with Crippen molar-refractivity contribution in [3.63, 3.8) is 0 Å². The van der Waals surface area contributed by atoms with E-state index in [1.165, 1.54) is 11.3 Å². The van der Waals surface area contributed by atoms with Crippen LogP contribution >= 0.6 is 11.3 Å². The maximum absolute atomic E-state index is 12.3. The second-order valence-electron chi connectivity index (χ2n) is 5.83. The molecule has 0 atom stereocenters. The summed E-state index contributed by atoms with van der Waals surface area (Å²) >= 11 is 1.31. The molecule has 2 heterocycles. The molecule has 0 bridgehead atoms. The number of carbonyl (C=O) groups excluding carboxylic acids is 2. The summed E-state index contributed by atoms with van der Waals surface area (Å²) in [6.45, 7) is 2.28. The van der Waals surface area contributed by atoms with Gasteiger partial charge >= 0.3 is 5.97 Å². The molecular formula is C19H16N2O5S. The van der Waals surface area contributed by atoms with Gasteiger partial charge < -0.3 is 19.5 Å². The number of ether oxygens (including phenoxy) is 3. The fourth-order valence-electron chi connectivity index (χ4n) is 2.72. The van der Waals surface area contributed by atoms with E-state index in [-0.39, 0.29) is 25.1 Å². The second kappa shape index (κ2) is 7.24. The molecule has 3 aromatic rings. The molecular weight excluding hydrogens is 368 g/mol. The summed E-state index contributed by atoms with van der Waals surface area (Å²) in [5.41, 5.74) is 2.00. The lowest BCUT2D eigenvalue weighted by Gasteiger charge is -2.03. The number of benzene rings is 2. The minimum atomic E-state index is -0.374. The Morgan fingerprint density at radius 3 is 2.89 bits per heavy atom. The predicted molar refractivity (Wildman–Crippen MR) is 100 cm³/mol. The highest BCUT2D eigenvalue weighted by molar-refractivity contribution is 7.22. The van der Waals surface area contributed by atoms with Crippen LogP contribution in [0.3, 0.4) is 0 Å². The second-order valence-corrected chi connectivity index (χ2v) is 6.87. The van der Waals surface area contributed by atoms with Crippen LogP contribution in [-0.4, -0.2) is 30.3 Å². The smallest absolute Gasteiger partial charge is 0.338 e. The molecule has 1 aliphatic heterocycles. The number of amides is 1. The summed E-state index contributed by atoms with van der Waals surface area (Å²) in [7, 11) is 0. The summed E-state index contributed by atoms with van der Waals surface area (Å²) < 4.78 is 16.4. The van der Waals surface area contributed by atoms with Gasteiger partial charge in [-0.1, -0.05) is 17.4 Å². The standard InChI is InChI=1S/C19H16N2O5S/c1-2-24-18(23)12-4-5-13-16(9-12)27-19(20-13)21-17(22)8-11-3-6-14-15(7-11)26-10-25-14/h3-7,9H,2,8,10H2,1H3,(H,20,21,22). The third kappa shape index (κ3) is 3.70. The average molecular weight is 384 g/mol. The van der Waals surface area contributed by atoms with Crippen LogP contribution < -0.4 is 14.8 Å². The third-order valence-electron chi connectivity index (χ3n) is 3.95. The Morgan fingerprint density at radius 2 is 2.04 bits per heavy atom. The normalized spacial score (nSPS) is 12.2. The monoisotopic (exact) mass is 384 g/mol. The average Bonchev–Trinajstić information content (AvgIpc) is 3.26. The molecule has 0 radical (unpaired) electrons. The largest absolute Gasteiger partial charge is 0.462 e. The zero-order valence-electron chi connectivity index (χ0n) is 14.5. The van der Waals surface area contributed by atoms with E-state index < -0.39 is 0 Å². The molecule has 8 heteroatoms. The molecule has 1 amide bonds. The molecule has 2 aromatic carbocycles. The van der Waals surface area contributed by atoms with Crippen LogP contribution in [-0.2, 0) is 16.0 Å². The Morgan fingerprint density at radius 1 is 1.19 bits per heavy atom. The van der Waals surface area contributed by atoms with Gasteiger partial charge in [0.25, 0.3) is 0 Å². The Labute approximate surface area is 158 Å². The third-order valence-corrected chi connectivity index (χ3v) is 4.88. The number of fused-ring (bicyclic) bond motifs is 2. The van der Waals surface area contributed by atoms with E-state index in [1.54, 1.807) is 37.3 Å². The Bertz CT molecular complexity index is 1030. The number of carbonyl (C=O) groups is 2. The van der Waals surface area contributed by atoms with Crippen LogP contribution in [0.4, 0.5) is 5.13 Å². The van der Waals surface area contributed by atoms with Crippen molar-refractivity contribution in [3.05, 3.63) is 47.5 Å². The molecule has 0 aliphatic carbocycles. The molecule has 0 fully saturated rings. The molecule has 27 heavy (non-hydrogen) atoms. The Kier molecular flexibility index (Phi) is 4.64. The van der Waals surface area contributed by atoms with Gasteiger partial charge in [-0.25, -0.2) is 9.78 Å². The van der Waals surface area contributed by atoms with E-state index in [4.69, 9.17) is 14.2 Å². The van der Waals surface area contributed by atoms with E-state index >= 15 is 0 Å². The fourth-order valence-corrected chi connectivity index (χ4v) is 3.64. The number of nitrogens with zero attached hydrogens (tertiary/aromatic N) is 1. The van der Waals surface area contributed by atoms with Crippen LogP contribution in [0.2, 0.25) is 0 Å². The van der Waals surface area contributed by atoms with Gasteiger partial charge in [0.05, 0.1) is 28.8 Å². The number of anilines is 1. The summed E-state index contributed by atoms with van der Waals surface area (Å²) in [6, 6.07) is 10.5. The van der Waals surface area contributed by atoms with Crippen LogP contribution in [0.15, 0.2) is 36.4 Å². The molecule has 7 nitrogen and oxygen atoms in total. The molecule has 138 valence electrons. The maximum Gasteiger partial charge on any atom is 0.338 e. The highest BCUT2D eigenvalue weighted by Crippen LogP contribution is 2.33. The van der Waals surface area contributed by atoms with Crippen LogP contribution in [0.5, 0.6) is 11.5 Å². The topological polar surface area (TPSA) is 86.8 Å². The predicted octanol–water partition coefficient (Wildman–Crippen LogP) is 3.38. The lowest BCUT2D eigenvalue weighted by atomic mass is 10.1. The highest BCUT2D eigenvalue weighted by Gasteiger charge is 2.16. The lowest BCUT2D eigenvalue weighted by Crippen LogP contribution is -2.14. The number of hydrogen-bond donors (Lipinski definition) is 1. The summed E-state index contributed by atoms with van der Waals surface area (Å²) in [6.07, 6.45) is 0.195. The summed E-state index contributed by atoms with van der Waals surface area (Å²) in [5.74, 6) is 0.772. The van der Waals surface area contributed by atoms with Crippen molar-refractivity contribution in [1.29, 1.82) is 0 Å². The quantitative estimate of drug-likeness (QED) is 0.679. The first-order chi connectivity index (χ1) is 13.1. The zero-order valence-corrected chi connectivity index (χ0v) is 15.3. The van der Waals surface area contributed by atoms with Gasteiger partial charge in [-0.3, -0.25) is 4.79 Å². The van der Waals surface area contributed by atoms with Gasteiger partial charge in [-0.2, -0.15) is 0 Å². The van der Waals surface area contributed by atoms with Crippen molar-refractivity contribution in [2.24, 2.45) is 0 Å². The van der Waals surface area contributed by atoms with E-state index in [1.807, 2.05) is 6.07 Å². The van der Waals surface area contributed by atoms with Gasteiger partial charge in [-0.15, -0.1) is 0 Å². The van der Waals surface area contributed by atoms with Gasteiger partial charge in [0.1, 0.15) is 0 Å². The van der Waals surface area contributed by atoms with E-state index in [0.717, 1.165) is 10.3 Å². The molecule has 0 saturated heterocycles. The number of thiazole rings is 1. The molecule has 1 aliphatic rings. The Balaban J connectivity index is 1.46. The minimum Gasteiger partial charge on any atom is -0.462 e. The first-order valence-electron chi connectivity index (χ1n) is 8.38. The van der Waals surface area contributed by atoms with Gasteiger partial charge in [0.2, 0.25) is 12.7 Å². The molecule has 1 N–H and O–H groups in total. The minimum absolute atomic E-state index is 0.182. The number of nitrogens with one attached hydrogen (secondary N) is 1. The maximum atomic E-state index is 12.3. The van der Waals surface area contributed by atoms with Gasteiger partial charge in [-0.05, 0) is 42.8 Å². The molecule has 0 saturated carbocycles. The summed E-state index contributed by atoms with van der Waals surface area (Å²) in [5, 5.41) is 3.28. The number of hydrogen-bond acceptors (Lipinski definition) is 7. The molecule has 0 spiro atoms. The molecule has 4 rings (SSSR count). The van der Waals surface area contributed by atoms with Crippen LogP contribution in [0, 0.1) is 0 Å². The number of esters is 1. The number of aromatic nitrogens is 1. The van der Waals surface area contributed by atoms with Gasteiger partial charge in [0, 0.05) is 0 Å². The molecule has 0 unspecified atom stereocenters. The van der Waals surface area contributed by atoms with E-state index in [0.29, 0.717) is 34.3 Å². The van der Waals surface area contributed by atoms with E-state index in [2.05, 4.69) is 10.3 Å². The van der Waals surface area contributed by atoms with Crippen molar-refractivity contribution in [3.8, 4) is 11.5 Å². The van der Waals surface area contributed by atoms with Crippen LogP contribution in [0.25, 0.3) is 10.2 Å². The van der Waals surface area contributed by atoms with Crippen LogP contribution in [0.1, 0.15) is 22.8 Å². The van der Waals surface area contributed by atoms with Crippen molar-refractivity contribution in [2.75, 3.05) is 18.7 Å². The van der Waals surface area contributed by atoms with Crippen molar-refractivity contribution in [1.82, 2.24) is 4.98 Å². The van der Waals surface area contributed by atoms with Crippen molar-refractivity contribution >= 4 is 38.6 Å². The van der Waals surface area contributed by atoms with Gasteiger partial charge in [0.15, 0.2) is 16.6 Å². The first kappa shape index (κ1) is 17.3.